The molecule has 0 aliphatic rings. The number of rotatable bonds is 6. The number of hydrogen-bond acceptors (Lipinski definition) is 1. The first kappa shape index (κ1) is 19.5. The third-order valence-corrected chi connectivity index (χ3v) is 6.01. The molecular formula is C30H26O. The summed E-state index contributed by atoms with van der Waals surface area (Å²) in [6.45, 7) is 2.73. The van der Waals surface area contributed by atoms with E-state index < -0.39 is 0 Å². The van der Waals surface area contributed by atoms with Crippen molar-refractivity contribution in [3.63, 3.8) is 0 Å². The van der Waals surface area contributed by atoms with Gasteiger partial charge in [0, 0.05) is 12.2 Å². The molecule has 1 unspecified atom stereocenters. The summed E-state index contributed by atoms with van der Waals surface area (Å²) in [5, 5.41) is 5.16. The molecule has 1 heteroatoms. The van der Waals surface area contributed by atoms with Crippen molar-refractivity contribution in [3.8, 4) is 0 Å². The van der Waals surface area contributed by atoms with E-state index in [1.165, 1.54) is 43.8 Å². The Morgan fingerprint density at radius 2 is 1.06 bits per heavy atom. The van der Waals surface area contributed by atoms with Crippen molar-refractivity contribution in [1.82, 2.24) is 0 Å². The second kappa shape index (κ2) is 8.75. The highest BCUT2D eigenvalue weighted by atomic mass is 16.5. The molecule has 0 N–H and O–H groups in total. The van der Waals surface area contributed by atoms with Crippen LogP contribution in [-0.2, 0) is 11.2 Å². The highest BCUT2D eigenvalue weighted by Crippen LogP contribution is 2.40. The van der Waals surface area contributed by atoms with Gasteiger partial charge in [-0.3, -0.25) is 0 Å². The lowest BCUT2D eigenvalue weighted by Gasteiger charge is -2.24. The van der Waals surface area contributed by atoms with Crippen molar-refractivity contribution in [1.29, 1.82) is 0 Å². The highest BCUT2D eigenvalue weighted by molar-refractivity contribution is 6.06. The van der Waals surface area contributed by atoms with Crippen LogP contribution in [0.2, 0.25) is 0 Å². The first-order valence-electron chi connectivity index (χ1n) is 11.0. The Kier molecular flexibility index (Phi) is 5.52. The Hall–Kier alpha value is -3.42. The minimum atomic E-state index is -0.105. The Morgan fingerprint density at radius 1 is 0.581 bits per heavy atom. The minimum absolute atomic E-state index is 0.105. The zero-order valence-electron chi connectivity index (χ0n) is 17.8. The average molecular weight is 403 g/mol. The lowest BCUT2D eigenvalue weighted by Crippen LogP contribution is -2.09. The molecule has 5 rings (SSSR count). The Labute approximate surface area is 183 Å². The van der Waals surface area contributed by atoms with Crippen LogP contribution in [0.4, 0.5) is 0 Å². The average Bonchev–Trinajstić information content (AvgIpc) is 2.84. The van der Waals surface area contributed by atoms with Crippen LogP contribution in [0, 0.1) is 0 Å². The Morgan fingerprint density at radius 3 is 1.61 bits per heavy atom. The summed E-state index contributed by atoms with van der Waals surface area (Å²) >= 11 is 0. The van der Waals surface area contributed by atoms with E-state index in [9.17, 15) is 0 Å². The fourth-order valence-corrected chi connectivity index (χ4v) is 4.67. The van der Waals surface area contributed by atoms with Crippen molar-refractivity contribution in [3.05, 3.63) is 131 Å². The summed E-state index contributed by atoms with van der Waals surface area (Å²) in [5.74, 6) is 0. The lowest BCUT2D eigenvalue weighted by molar-refractivity contribution is 0.0933. The normalized spacial score (nSPS) is 12.3. The molecule has 0 saturated carbocycles. The van der Waals surface area contributed by atoms with Gasteiger partial charge in [-0.05, 0) is 51.6 Å². The van der Waals surface area contributed by atoms with E-state index in [1.54, 1.807) is 0 Å². The third kappa shape index (κ3) is 3.73. The summed E-state index contributed by atoms with van der Waals surface area (Å²) in [6, 6.07) is 38.9. The zero-order valence-corrected chi connectivity index (χ0v) is 17.8. The van der Waals surface area contributed by atoms with Gasteiger partial charge in [0.15, 0.2) is 0 Å². The van der Waals surface area contributed by atoms with E-state index in [2.05, 4.69) is 116 Å². The van der Waals surface area contributed by atoms with Crippen molar-refractivity contribution in [2.24, 2.45) is 0 Å². The van der Waals surface area contributed by atoms with Crippen LogP contribution >= 0.6 is 0 Å². The van der Waals surface area contributed by atoms with E-state index in [4.69, 9.17) is 4.74 Å². The molecule has 0 spiro atoms. The highest BCUT2D eigenvalue weighted by Gasteiger charge is 2.22. The molecule has 31 heavy (non-hydrogen) atoms. The van der Waals surface area contributed by atoms with E-state index in [0.717, 1.165) is 6.42 Å². The molecule has 0 aromatic heterocycles. The van der Waals surface area contributed by atoms with Gasteiger partial charge in [-0.15, -0.1) is 0 Å². The second-order valence-electron chi connectivity index (χ2n) is 7.89. The summed E-state index contributed by atoms with van der Waals surface area (Å²) in [5.41, 5.74) is 5.16. The van der Waals surface area contributed by atoms with Crippen LogP contribution in [0.15, 0.2) is 109 Å². The van der Waals surface area contributed by atoms with Crippen LogP contribution in [0.1, 0.15) is 35.3 Å². The largest absolute Gasteiger partial charge is 0.369 e. The summed E-state index contributed by atoms with van der Waals surface area (Å²) in [7, 11) is 0. The lowest BCUT2D eigenvalue weighted by atomic mass is 9.85. The molecule has 1 nitrogen and oxygen atoms in total. The van der Waals surface area contributed by atoms with Crippen LogP contribution in [0.25, 0.3) is 21.5 Å². The summed E-state index contributed by atoms with van der Waals surface area (Å²) in [6.07, 6.45) is 0.805. The number of ether oxygens (including phenoxy) is 1. The molecule has 0 fully saturated rings. The molecule has 1 atom stereocenters. The molecule has 0 bridgehead atoms. The molecule has 0 amide bonds. The smallest absolute Gasteiger partial charge is 0.109 e. The van der Waals surface area contributed by atoms with Gasteiger partial charge in [0.1, 0.15) is 6.10 Å². The summed E-state index contributed by atoms with van der Waals surface area (Å²) < 4.78 is 6.39. The molecular weight excluding hydrogens is 376 g/mol. The maximum absolute atomic E-state index is 6.39. The minimum Gasteiger partial charge on any atom is -0.369 e. The van der Waals surface area contributed by atoms with Gasteiger partial charge in [-0.1, -0.05) is 109 Å². The molecule has 0 radical (unpaired) electrons. The molecule has 0 heterocycles. The van der Waals surface area contributed by atoms with E-state index in [0.29, 0.717) is 6.61 Å². The molecule has 0 aliphatic heterocycles. The first-order valence-corrected chi connectivity index (χ1v) is 11.0. The van der Waals surface area contributed by atoms with Gasteiger partial charge in [0.05, 0.1) is 0 Å². The van der Waals surface area contributed by atoms with Crippen LogP contribution < -0.4 is 0 Å². The molecule has 0 aliphatic carbocycles. The zero-order chi connectivity index (χ0) is 21.0. The number of fused-ring (bicyclic) bond motifs is 2. The fraction of sp³-hybridized carbons (Fsp3) is 0.133. The fourth-order valence-electron chi connectivity index (χ4n) is 4.67. The predicted molar refractivity (Wildman–Crippen MR) is 131 cm³/mol. The van der Waals surface area contributed by atoms with Crippen LogP contribution in [0.5, 0.6) is 0 Å². The SMILES string of the molecule is CCOC(c1ccccc1)c1c2ccccc2c(Cc2ccccc2)c2ccccc12. The standard InChI is InChI=1S/C30H26O/c1-2-31-30(23-15-7-4-8-16-23)29-26-19-11-9-17-24(26)28(21-22-13-5-3-6-14-22)25-18-10-12-20-27(25)29/h3-20,30H,2,21H2,1H3. The van der Waals surface area contributed by atoms with Crippen molar-refractivity contribution in [2.75, 3.05) is 6.61 Å². The quantitative estimate of drug-likeness (QED) is 0.264. The van der Waals surface area contributed by atoms with Gasteiger partial charge in [-0.2, -0.15) is 0 Å². The van der Waals surface area contributed by atoms with Crippen molar-refractivity contribution < 1.29 is 4.74 Å². The van der Waals surface area contributed by atoms with E-state index in [1.807, 2.05) is 0 Å². The first-order chi connectivity index (χ1) is 15.4. The molecule has 152 valence electrons. The van der Waals surface area contributed by atoms with Crippen molar-refractivity contribution in [2.45, 2.75) is 19.4 Å². The molecule has 5 aromatic carbocycles. The van der Waals surface area contributed by atoms with Gasteiger partial charge in [0.25, 0.3) is 0 Å². The van der Waals surface area contributed by atoms with Crippen molar-refractivity contribution >= 4 is 21.5 Å². The maximum atomic E-state index is 6.39. The molecule has 5 aromatic rings. The van der Waals surface area contributed by atoms with Crippen LogP contribution in [-0.4, -0.2) is 6.61 Å². The Bertz CT molecular complexity index is 1250. The predicted octanol–water partition coefficient (Wildman–Crippen LogP) is 7.71. The van der Waals surface area contributed by atoms with Gasteiger partial charge in [0.2, 0.25) is 0 Å². The maximum Gasteiger partial charge on any atom is 0.109 e. The topological polar surface area (TPSA) is 9.23 Å². The van der Waals surface area contributed by atoms with Gasteiger partial charge < -0.3 is 4.74 Å². The molecule has 0 saturated heterocycles. The van der Waals surface area contributed by atoms with Gasteiger partial charge >= 0.3 is 0 Å². The van der Waals surface area contributed by atoms with Gasteiger partial charge in [-0.25, -0.2) is 0 Å². The third-order valence-electron chi connectivity index (χ3n) is 6.01. The summed E-state index contributed by atoms with van der Waals surface area (Å²) in [4.78, 5) is 0. The second-order valence-corrected chi connectivity index (χ2v) is 7.89. The monoisotopic (exact) mass is 402 g/mol. The Balaban J connectivity index is 1.83. The number of benzene rings is 5. The van der Waals surface area contributed by atoms with E-state index >= 15 is 0 Å². The number of hydrogen-bond donors (Lipinski definition) is 0. The van der Waals surface area contributed by atoms with E-state index in [-0.39, 0.29) is 6.10 Å². The van der Waals surface area contributed by atoms with Crippen LogP contribution in [0.3, 0.4) is 0 Å².